The lowest BCUT2D eigenvalue weighted by Gasteiger charge is -2.14. The van der Waals surface area contributed by atoms with Gasteiger partial charge in [-0.25, -0.2) is 4.98 Å². The number of aryl methyl sites for hydroxylation is 2. The Balaban J connectivity index is 2.21. The predicted molar refractivity (Wildman–Crippen MR) is 79.6 cm³/mol. The summed E-state index contributed by atoms with van der Waals surface area (Å²) in [5.74, 6) is 0.851. The van der Waals surface area contributed by atoms with Gasteiger partial charge >= 0.3 is 0 Å². The molecule has 0 atom stereocenters. The van der Waals surface area contributed by atoms with Gasteiger partial charge in [0.2, 0.25) is 0 Å². The van der Waals surface area contributed by atoms with Crippen LogP contribution in [0.15, 0.2) is 22.1 Å². The Kier molecular flexibility index (Phi) is 4.24. The van der Waals surface area contributed by atoms with Crippen molar-refractivity contribution in [2.24, 2.45) is 0 Å². The summed E-state index contributed by atoms with van der Waals surface area (Å²) < 4.78 is 6.43. The Hall–Kier alpha value is -1.07. The van der Waals surface area contributed by atoms with Gasteiger partial charge < -0.3 is 10.1 Å². The van der Waals surface area contributed by atoms with Crippen LogP contribution in [0.3, 0.4) is 0 Å². The Morgan fingerprint density at radius 2 is 2.17 bits per heavy atom. The van der Waals surface area contributed by atoms with Crippen LogP contribution in [0, 0.1) is 13.8 Å². The molecule has 0 spiro atoms. The highest BCUT2D eigenvalue weighted by Gasteiger charge is 2.09. The third kappa shape index (κ3) is 2.84. The average Bonchev–Trinajstić information content (AvgIpc) is 2.73. The van der Waals surface area contributed by atoms with Gasteiger partial charge in [-0.3, -0.25) is 0 Å². The monoisotopic (exact) mass is 326 g/mol. The number of benzene rings is 1. The quantitative estimate of drug-likeness (QED) is 0.916. The Morgan fingerprint density at radius 1 is 1.39 bits per heavy atom. The zero-order chi connectivity index (χ0) is 13.1. The molecule has 0 bridgehead atoms. The molecule has 0 fully saturated rings. The number of anilines is 1. The summed E-state index contributed by atoms with van der Waals surface area (Å²) in [4.78, 5) is 5.50. The molecule has 0 aliphatic rings. The minimum absolute atomic E-state index is 0.773. The third-order valence-electron chi connectivity index (χ3n) is 2.75. The van der Waals surface area contributed by atoms with E-state index in [0.717, 1.165) is 33.7 Å². The molecule has 2 rings (SSSR count). The first-order chi connectivity index (χ1) is 8.61. The number of thiazole rings is 1. The van der Waals surface area contributed by atoms with Crippen molar-refractivity contribution in [3.05, 3.63) is 38.3 Å². The number of halogens is 1. The summed E-state index contributed by atoms with van der Waals surface area (Å²) in [6.45, 7) is 4.86. The number of methoxy groups -OCH3 is 1. The maximum Gasteiger partial charge on any atom is 0.143 e. The fourth-order valence-electron chi connectivity index (χ4n) is 1.76. The van der Waals surface area contributed by atoms with Crippen LogP contribution in [0.1, 0.15) is 16.1 Å². The van der Waals surface area contributed by atoms with Crippen molar-refractivity contribution in [1.29, 1.82) is 0 Å². The summed E-state index contributed by atoms with van der Waals surface area (Å²) >= 11 is 5.14. The number of ether oxygens (including phenoxy) is 1. The van der Waals surface area contributed by atoms with E-state index in [1.54, 1.807) is 18.4 Å². The largest absolute Gasteiger partial charge is 0.495 e. The maximum atomic E-state index is 5.40. The highest BCUT2D eigenvalue weighted by molar-refractivity contribution is 9.10. The Morgan fingerprint density at radius 3 is 2.78 bits per heavy atom. The molecule has 18 heavy (non-hydrogen) atoms. The lowest BCUT2D eigenvalue weighted by atomic mass is 10.2. The zero-order valence-corrected chi connectivity index (χ0v) is 13.0. The van der Waals surface area contributed by atoms with Crippen molar-refractivity contribution in [2.75, 3.05) is 12.4 Å². The molecular weight excluding hydrogens is 312 g/mol. The summed E-state index contributed by atoms with van der Waals surface area (Å²) in [6.07, 6.45) is 0. The van der Waals surface area contributed by atoms with Gasteiger partial charge in [0.25, 0.3) is 0 Å². The van der Waals surface area contributed by atoms with Crippen molar-refractivity contribution in [3.8, 4) is 5.75 Å². The average molecular weight is 327 g/mol. The molecule has 0 radical (unpaired) electrons. The smallest absolute Gasteiger partial charge is 0.143 e. The number of nitrogens with zero attached hydrogens (tertiary/aromatic N) is 1. The van der Waals surface area contributed by atoms with Crippen molar-refractivity contribution in [2.45, 2.75) is 20.4 Å². The molecule has 0 unspecified atom stereocenters. The number of rotatable bonds is 4. The van der Waals surface area contributed by atoms with Crippen LogP contribution in [0.4, 0.5) is 5.69 Å². The normalized spacial score (nSPS) is 10.4. The first-order valence-corrected chi connectivity index (χ1v) is 7.26. The number of hydrogen-bond acceptors (Lipinski definition) is 4. The van der Waals surface area contributed by atoms with Crippen LogP contribution in [-0.4, -0.2) is 12.1 Å². The fourth-order valence-corrected chi connectivity index (χ4v) is 3.03. The maximum absolute atomic E-state index is 5.40. The van der Waals surface area contributed by atoms with E-state index >= 15 is 0 Å². The second kappa shape index (κ2) is 5.71. The third-order valence-corrected chi connectivity index (χ3v) is 4.15. The highest BCUT2D eigenvalue weighted by Crippen LogP contribution is 2.32. The highest BCUT2D eigenvalue weighted by atomic mass is 79.9. The SMILES string of the molecule is COc1cc(Br)cc(C)c1NCc1scnc1C. The van der Waals surface area contributed by atoms with Gasteiger partial charge in [0.15, 0.2) is 0 Å². The molecule has 1 aromatic carbocycles. The van der Waals surface area contributed by atoms with Crippen molar-refractivity contribution in [3.63, 3.8) is 0 Å². The first-order valence-electron chi connectivity index (χ1n) is 5.58. The van der Waals surface area contributed by atoms with E-state index in [0.29, 0.717) is 0 Å². The van der Waals surface area contributed by atoms with E-state index in [4.69, 9.17) is 4.74 Å². The van der Waals surface area contributed by atoms with Crippen molar-refractivity contribution in [1.82, 2.24) is 4.98 Å². The van der Waals surface area contributed by atoms with E-state index in [-0.39, 0.29) is 0 Å². The molecule has 1 aromatic heterocycles. The number of hydrogen-bond donors (Lipinski definition) is 1. The van der Waals surface area contributed by atoms with Gasteiger partial charge in [-0.2, -0.15) is 0 Å². The van der Waals surface area contributed by atoms with Crippen LogP contribution in [-0.2, 0) is 6.54 Å². The minimum Gasteiger partial charge on any atom is -0.495 e. The van der Waals surface area contributed by atoms with Crippen LogP contribution in [0.25, 0.3) is 0 Å². The Bertz CT molecular complexity index is 554. The van der Waals surface area contributed by atoms with Gasteiger partial charge in [-0.15, -0.1) is 11.3 Å². The second-order valence-corrected chi connectivity index (χ2v) is 5.87. The van der Waals surface area contributed by atoms with Crippen LogP contribution in [0.2, 0.25) is 0 Å². The minimum atomic E-state index is 0.773. The van der Waals surface area contributed by atoms with E-state index in [9.17, 15) is 0 Å². The van der Waals surface area contributed by atoms with Gasteiger partial charge in [-0.1, -0.05) is 15.9 Å². The lowest BCUT2D eigenvalue weighted by Crippen LogP contribution is -2.03. The topological polar surface area (TPSA) is 34.1 Å². The summed E-state index contributed by atoms with van der Waals surface area (Å²) in [5.41, 5.74) is 5.15. The van der Waals surface area contributed by atoms with E-state index < -0.39 is 0 Å². The first kappa shape index (κ1) is 13.4. The standard InChI is InChI=1S/C13H15BrN2OS/c1-8-4-10(14)5-11(17-3)13(8)15-6-12-9(2)16-7-18-12/h4-5,7,15H,6H2,1-3H3. The summed E-state index contributed by atoms with van der Waals surface area (Å²) in [6, 6.07) is 4.04. The molecule has 0 amide bonds. The van der Waals surface area contributed by atoms with Gasteiger partial charge in [-0.05, 0) is 31.5 Å². The van der Waals surface area contributed by atoms with Crippen molar-refractivity contribution < 1.29 is 4.74 Å². The predicted octanol–water partition coefficient (Wildman–Crippen LogP) is 4.14. The Labute approximate surface area is 119 Å². The molecule has 1 N–H and O–H groups in total. The van der Waals surface area contributed by atoms with Crippen LogP contribution >= 0.6 is 27.3 Å². The molecule has 0 aliphatic carbocycles. The molecule has 0 aliphatic heterocycles. The molecule has 5 heteroatoms. The van der Waals surface area contributed by atoms with Gasteiger partial charge in [0, 0.05) is 9.35 Å². The molecule has 96 valence electrons. The van der Waals surface area contributed by atoms with Gasteiger partial charge in [0.05, 0.1) is 30.5 Å². The van der Waals surface area contributed by atoms with E-state index in [2.05, 4.69) is 39.2 Å². The number of nitrogens with one attached hydrogen (secondary N) is 1. The number of aromatic nitrogens is 1. The van der Waals surface area contributed by atoms with E-state index in [1.165, 1.54) is 4.88 Å². The zero-order valence-electron chi connectivity index (χ0n) is 10.6. The van der Waals surface area contributed by atoms with Gasteiger partial charge in [0.1, 0.15) is 5.75 Å². The molecule has 2 aromatic rings. The van der Waals surface area contributed by atoms with Crippen LogP contribution < -0.4 is 10.1 Å². The summed E-state index contributed by atoms with van der Waals surface area (Å²) in [7, 11) is 1.68. The van der Waals surface area contributed by atoms with E-state index in [1.807, 2.05) is 18.5 Å². The second-order valence-electron chi connectivity index (χ2n) is 4.01. The lowest BCUT2D eigenvalue weighted by molar-refractivity contribution is 0.416. The molecule has 1 heterocycles. The fraction of sp³-hybridized carbons (Fsp3) is 0.308. The molecule has 0 saturated carbocycles. The van der Waals surface area contributed by atoms with Crippen molar-refractivity contribution >= 4 is 33.0 Å². The molecule has 3 nitrogen and oxygen atoms in total. The summed E-state index contributed by atoms with van der Waals surface area (Å²) in [5, 5.41) is 3.43. The van der Waals surface area contributed by atoms with Crippen LogP contribution in [0.5, 0.6) is 5.75 Å². The molecule has 0 saturated heterocycles. The molecular formula is C13H15BrN2OS.